The number of hydrogen-bond donors (Lipinski definition) is 0. The van der Waals surface area contributed by atoms with Crippen LogP contribution in [0.1, 0.15) is 5.56 Å². The van der Waals surface area contributed by atoms with Crippen molar-refractivity contribution in [1.82, 2.24) is 0 Å². The second kappa shape index (κ2) is 9.12. The van der Waals surface area contributed by atoms with E-state index in [2.05, 4.69) is 9.47 Å². The number of hydrogen-bond acceptors (Lipinski definition) is 3. The maximum absolute atomic E-state index is 12.7. The van der Waals surface area contributed by atoms with Gasteiger partial charge in [-0.25, -0.2) is 0 Å². The summed E-state index contributed by atoms with van der Waals surface area (Å²) in [5, 5.41) is 0. The van der Waals surface area contributed by atoms with Gasteiger partial charge in [-0.15, -0.1) is 26.3 Å². The number of pyridine rings is 1. The Balaban J connectivity index is 1.45. The molecule has 10 heteroatoms. The van der Waals surface area contributed by atoms with E-state index in [-0.39, 0.29) is 17.2 Å². The molecule has 0 saturated heterocycles. The van der Waals surface area contributed by atoms with E-state index in [1.165, 1.54) is 47.0 Å². The Kier molecular flexibility index (Phi) is 6.23. The predicted molar refractivity (Wildman–Crippen MR) is 112 cm³/mol. The van der Waals surface area contributed by atoms with Gasteiger partial charge in [-0.3, -0.25) is 0 Å². The Bertz CT molecular complexity index is 1200. The number of ether oxygens (including phenoxy) is 2. The van der Waals surface area contributed by atoms with Gasteiger partial charge in [0.1, 0.15) is 5.75 Å². The monoisotopic (exact) mass is 479 g/mol. The summed E-state index contributed by atoms with van der Waals surface area (Å²) in [5.74, 6) is -0.611. The molecule has 0 radical (unpaired) electrons. The van der Waals surface area contributed by atoms with Crippen LogP contribution >= 0.6 is 0 Å². The van der Waals surface area contributed by atoms with Gasteiger partial charge in [-0.05, 0) is 47.5 Å². The standard InChI is InChI=1S/C24H17F6N2O2/c25-23(26,27)33-20-7-5-19(6-8-20)31-13-9-17(10-14-31)18-11-15-32(16-12-18)21-3-1-2-4-22(21)34-24(28,29)30/h1-13,15-16H,14H2/q+1. The topological polar surface area (TPSA) is 25.6 Å². The summed E-state index contributed by atoms with van der Waals surface area (Å²) in [6.07, 6.45) is -0.715. The van der Waals surface area contributed by atoms with Crippen molar-refractivity contribution < 1.29 is 40.4 Å². The molecule has 1 aliphatic rings. The third-order valence-electron chi connectivity index (χ3n) is 4.88. The third kappa shape index (κ3) is 5.89. The molecule has 0 aliphatic carbocycles. The van der Waals surface area contributed by atoms with Gasteiger partial charge in [0.2, 0.25) is 5.75 Å². The van der Waals surface area contributed by atoms with Crippen LogP contribution in [0.25, 0.3) is 11.3 Å². The molecule has 0 atom stereocenters. The van der Waals surface area contributed by atoms with Crippen molar-refractivity contribution in [2.75, 3.05) is 11.4 Å². The second-order valence-electron chi connectivity index (χ2n) is 7.18. The number of allylic oxidation sites excluding steroid dienone is 2. The lowest BCUT2D eigenvalue weighted by Crippen LogP contribution is -2.31. The molecule has 3 aromatic rings. The van der Waals surface area contributed by atoms with E-state index in [1.54, 1.807) is 36.8 Å². The number of halogens is 6. The fourth-order valence-electron chi connectivity index (χ4n) is 3.40. The molecule has 0 N–H and O–H groups in total. The first-order valence-corrected chi connectivity index (χ1v) is 9.95. The lowest BCUT2D eigenvalue weighted by Gasteiger charge is -2.23. The van der Waals surface area contributed by atoms with Crippen molar-refractivity contribution in [3.05, 3.63) is 97.0 Å². The van der Waals surface area contributed by atoms with Crippen LogP contribution < -0.4 is 18.9 Å². The van der Waals surface area contributed by atoms with E-state index in [9.17, 15) is 26.3 Å². The van der Waals surface area contributed by atoms with Crippen molar-refractivity contribution in [2.24, 2.45) is 0 Å². The first-order chi connectivity index (χ1) is 16.1. The molecule has 0 fully saturated rings. The first kappa shape index (κ1) is 23.2. The summed E-state index contributed by atoms with van der Waals surface area (Å²) < 4.78 is 84.5. The summed E-state index contributed by atoms with van der Waals surface area (Å²) in [5.41, 5.74) is 2.66. The highest BCUT2D eigenvalue weighted by atomic mass is 19.4. The summed E-state index contributed by atoms with van der Waals surface area (Å²) in [7, 11) is 0. The van der Waals surface area contributed by atoms with Gasteiger partial charge in [0.25, 0.3) is 5.69 Å². The summed E-state index contributed by atoms with van der Waals surface area (Å²) in [4.78, 5) is 1.84. The molecule has 2 aromatic carbocycles. The average molecular weight is 479 g/mol. The minimum Gasteiger partial charge on any atom is -0.406 e. The summed E-state index contributed by atoms with van der Waals surface area (Å²) >= 11 is 0. The van der Waals surface area contributed by atoms with Crippen molar-refractivity contribution >= 4 is 11.3 Å². The number of benzene rings is 2. The molecule has 0 saturated carbocycles. The zero-order valence-corrected chi connectivity index (χ0v) is 17.3. The van der Waals surface area contributed by atoms with Crippen molar-refractivity contribution in [3.8, 4) is 17.2 Å². The molecular formula is C24H17F6N2O2+. The number of aromatic nitrogens is 1. The number of nitrogens with zero attached hydrogens (tertiary/aromatic N) is 2. The maximum atomic E-state index is 12.7. The highest BCUT2D eigenvalue weighted by Crippen LogP contribution is 2.29. The second-order valence-corrected chi connectivity index (χ2v) is 7.18. The van der Waals surface area contributed by atoms with Gasteiger partial charge in [0.15, 0.2) is 12.4 Å². The molecule has 4 nitrogen and oxygen atoms in total. The highest BCUT2D eigenvalue weighted by Gasteiger charge is 2.33. The normalized spacial score (nSPS) is 14.1. The average Bonchev–Trinajstić information content (AvgIpc) is 2.78. The molecule has 0 amide bonds. The minimum atomic E-state index is -4.80. The van der Waals surface area contributed by atoms with Gasteiger partial charge in [-0.1, -0.05) is 18.2 Å². The number of rotatable bonds is 5. The van der Waals surface area contributed by atoms with Crippen molar-refractivity contribution in [3.63, 3.8) is 0 Å². The lowest BCUT2D eigenvalue weighted by molar-refractivity contribution is -0.596. The first-order valence-electron chi connectivity index (χ1n) is 9.95. The molecule has 4 rings (SSSR count). The number of anilines is 1. The molecule has 0 spiro atoms. The van der Waals surface area contributed by atoms with Crippen molar-refractivity contribution in [1.29, 1.82) is 0 Å². The lowest BCUT2D eigenvalue weighted by atomic mass is 10.0. The molecule has 1 aliphatic heterocycles. The molecule has 0 bridgehead atoms. The maximum Gasteiger partial charge on any atom is 0.573 e. The Morgan fingerprint density at radius 3 is 2.00 bits per heavy atom. The zero-order valence-electron chi connectivity index (χ0n) is 17.3. The Morgan fingerprint density at radius 2 is 1.41 bits per heavy atom. The van der Waals surface area contributed by atoms with Crippen molar-refractivity contribution in [2.45, 2.75) is 12.7 Å². The predicted octanol–water partition coefficient (Wildman–Crippen LogP) is 6.18. The summed E-state index contributed by atoms with van der Waals surface area (Å²) in [6, 6.07) is 14.9. The molecule has 2 heterocycles. The van der Waals surface area contributed by atoms with Gasteiger partial charge in [0, 0.05) is 36.6 Å². The Hall–Kier alpha value is -3.95. The van der Waals surface area contributed by atoms with Crippen LogP contribution in [0.2, 0.25) is 0 Å². The van der Waals surface area contributed by atoms with Gasteiger partial charge >= 0.3 is 12.7 Å². The fourth-order valence-corrected chi connectivity index (χ4v) is 3.40. The molecule has 0 unspecified atom stereocenters. The van der Waals surface area contributed by atoms with Crippen LogP contribution in [0.15, 0.2) is 91.4 Å². The smallest absolute Gasteiger partial charge is 0.406 e. The SMILES string of the molecule is FC(F)(F)Oc1ccc(N2C=CC(c3cc[n+](-c4ccccc4OC(F)(F)F)cc3)=CC2)cc1. The summed E-state index contributed by atoms with van der Waals surface area (Å²) in [6.45, 7) is 0.475. The number of para-hydroxylation sites is 2. The molecule has 1 aromatic heterocycles. The van der Waals surface area contributed by atoms with Gasteiger partial charge in [-0.2, -0.15) is 4.57 Å². The fraction of sp³-hybridized carbons (Fsp3) is 0.125. The largest absolute Gasteiger partial charge is 0.573 e. The molecule has 176 valence electrons. The van der Waals surface area contributed by atoms with Crippen LogP contribution in [0.5, 0.6) is 11.5 Å². The molecule has 34 heavy (non-hydrogen) atoms. The third-order valence-corrected chi connectivity index (χ3v) is 4.88. The highest BCUT2D eigenvalue weighted by molar-refractivity contribution is 5.76. The Morgan fingerprint density at radius 1 is 0.765 bits per heavy atom. The number of alkyl halides is 6. The van der Waals surface area contributed by atoms with E-state index < -0.39 is 12.7 Å². The van der Waals surface area contributed by atoms with E-state index >= 15 is 0 Å². The molecular weight excluding hydrogens is 462 g/mol. The van der Waals surface area contributed by atoms with Gasteiger partial charge in [0.05, 0.1) is 0 Å². The van der Waals surface area contributed by atoms with Crippen LogP contribution in [0, 0.1) is 0 Å². The Labute approximate surface area is 190 Å². The van der Waals surface area contributed by atoms with Gasteiger partial charge < -0.3 is 14.4 Å². The van der Waals surface area contributed by atoms with E-state index in [0.29, 0.717) is 12.2 Å². The van der Waals surface area contributed by atoms with E-state index in [1.807, 2.05) is 17.1 Å². The van der Waals surface area contributed by atoms with Crippen LogP contribution in [-0.4, -0.2) is 19.3 Å². The van der Waals surface area contributed by atoms with Crippen LogP contribution in [0.4, 0.5) is 32.0 Å². The minimum absolute atomic E-state index is 0.240. The zero-order chi connectivity index (χ0) is 24.3. The van der Waals surface area contributed by atoms with E-state index in [4.69, 9.17) is 0 Å². The van der Waals surface area contributed by atoms with Crippen LogP contribution in [0.3, 0.4) is 0 Å². The van der Waals surface area contributed by atoms with E-state index in [0.717, 1.165) is 11.1 Å². The quantitative estimate of drug-likeness (QED) is 0.323. The van der Waals surface area contributed by atoms with Crippen LogP contribution in [-0.2, 0) is 0 Å².